The smallest absolute Gasteiger partial charge is 0.119 e. The van der Waals surface area contributed by atoms with E-state index >= 15 is 0 Å². The van der Waals surface area contributed by atoms with Crippen molar-refractivity contribution in [3.63, 3.8) is 0 Å². The van der Waals surface area contributed by atoms with Crippen molar-refractivity contribution in [2.24, 2.45) is 4.99 Å². The van der Waals surface area contributed by atoms with Crippen LogP contribution in [0, 0.1) is 0 Å². The quantitative estimate of drug-likeness (QED) is 0.348. The normalized spacial score (nSPS) is 11.7. The molecule has 0 aromatic heterocycles. The average molecular weight is 380 g/mol. The van der Waals surface area contributed by atoms with Crippen LogP contribution in [0.1, 0.15) is 5.56 Å². The van der Waals surface area contributed by atoms with E-state index in [1.165, 1.54) is 0 Å². The molecule has 2 nitrogen and oxygen atoms in total. The molecule has 0 aliphatic carbocycles. The molecule has 3 aromatic carbocycles. The Morgan fingerprint density at radius 2 is 1.73 bits per heavy atom. The number of aliphatic imine (C=N–C) groups is 1. The number of hydrogen-bond acceptors (Lipinski definition) is 3. The predicted octanol–water partition coefficient (Wildman–Crippen LogP) is 6.78. The largest absolute Gasteiger partial charge is 0.497 e. The number of benzene rings is 3. The lowest BCUT2D eigenvalue weighted by molar-refractivity contribution is 0.413. The maximum absolute atomic E-state index is 6.38. The van der Waals surface area contributed by atoms with E-state index < -0.39 is 0 Å². The van der Waals surface area contributed by atoms with Crippen LogP contribution in [0.15, 0.2) is 100 Å². The number of methoxy groups -OCH3 is 1. The molecule has 4 heteroatoms. The molecule has 0 aliphatic rings. The highest BCUT2D eigenvalue weighted by Gasteiger charge is 2.05. The molecule has 3 aromatic rings. The first-order chi connectivity index (χ1) is 12.8. The van der Waals surface area contributed by atoms with Crippen LogP contribution in [0.3, 0.4) is 0 Å². The van der Waals surface area contributed by atoms with E-state index in [9.17, 15) is 0 Å². The molecule has 0 heterocycles. The molecule has 0 unspecified atom stereocenters. The zero-order valence-corrected chi connectivity index (χ0v) is 15.9. The third-order valence-corrected chi connectivity index (χ3v) is 4.75. The van der Waals surface area contributed by atoms with Gasteiger partial charge in [0.25, 0.3) is 0 Å². The van der Waals surface area contributed by atoms with Crippen molar-refractivity contribution in [1.82, 2.24) is 0 Å². The van der Waals surface area contributed by atoms with E-state index in [0.717, 1.165) is 27.6 Å². The lowest BCUT2D eigenvalue weighted by Gasteiger charge is -2.05. The third kappa shape index (κ3) is 5.01. The Balaban J connectivity index is 1.88. The first kappa shape index (κ1) is 18.3. The minimum absolute atomic E-state index is 0.679. The number of rotatable bonds is 6. The Hall–Kier alpha value is -2.49. The van der Waals surface area contributed by atoms with Crippen LogP contribution in [0.2, 0.25) is 5.02 Å². The van der Waals surface area contributed by atoms with Gasteiger partial charge < -0.3 is 4.74 Å². The number of para-hydroxylation sites is 1. The number of halogens is 1. The van der Waals surface area contributed by atoms with E-state index in [-0.39, 0.29) is 0 Å². The van der Waals surface area contributed by atoms with Gasteiger partial charge in [-0.25, -0.2) is 4.99 Å². The summed E-state index contributed by atoms with van der Waals surface area (Å²) in [5.74, 6) is 0.840. The summed E-state index contributed by atoms with van der Waals surface area (Å²) in [5.41, 5.74) is 2.61. The number of ether oxygens (including phenoxy) is 1. The van der Waals surface area contributed by atoms with Crippen LogP contribution in [-0.4, -0.2) is 12.8 Å². The fourth-order valence-corrected chi connectivity index (χ4v) is 3.28. The molecule has 26 heavy (non-hydrogen) atoms. The summed E-state index contributed by atoms with van der Waals surface area (Å²) >= 11 is 7.99. The van der Waals surface area contributed by atoms with Crippen LogP contribution in [0.5, 0.6) is 5.75 Å². The maximum atomic E-state index is 6.38. The van der Waals surface area contributed by atoms with Gasteiger partial charge in [0.1, 0.15) is 5.75 Å². The molecule has 0 saturated carbocycles. The fourth-order valence-electron chi connectivity index (χ4n) is 2.35. The highest BCUT2D eigenvalue weighted by molar-refractivity contribution is 8.02. The van der Waals surface area contributed by atoms with E-state index in [1.54, 1.807) is 18.9 Å². The van der Waals surface area contributed by atoms with Crippen molar-refractivity contribution >= 4 is 34.8 Å². The van der Waals surface area contributed by atoms with Gasteiger partial charge in [0.05, 0.1) is 18.5 Å². The molecule has 0 amide bonds. The summed E-state index contributed by atoms with van der Waals surface area (Å²) in [6.07, 6.45) is 1.98. The molecule has 0 N–H and O–H groups in total. The molecule has 0 bridgehead atoms. The summed E-state index contributed by atoms with van der Waals surface area (Å²) in [6.45, 7) is 0. The lowest BCUT2D eigenvalue weighted by Crippen LogP contribution is -1.97. The van der Waals surface area contributed by atoms with Crippen LogP contribution in [0.25, 0.3) is 0 Å². The molecule has 0 fully saturated rings. The zero-order chi connectivity index (χ0) is 18.2. The van der Waals surface area contributed by atoms with Gasteiger partial charge in [-0.2, -0.15) is 0 Å². The highest BCUT2D eigenvalue weighted by Crippen LogP contribution is 2.25. The fraction of sp³-hybridized carbons (Fsp3) is 0.0455. The SMILES string of the molecule is COc1cccc(SC=CC(=Nc2ccccc2)c2ccccc2Cl)c1. The molecular formula is C22H18ClNOS. The summed E-state index contributed by atoms with van der Waals surface area (Å²) < 4.78 is 5.27. The maximum Gasteiger partial charge on any atom is 0.119 e. The third-order valence-electron chi connectivity index (χ3n) is 3.63. The highest BCUT2D eigenvalue weighted by atomic mass is 35.5. The Morgan fingerprint density at radius 3 is 2.50 bits per heavy atom. The summed E-state index contributed by atoms with van der Waals surface area (Å²) in [5, 5.41) is 2.69. The van der Waals surface area contributed by atoms with Crippen molar-refractivity contribution in [3.05, 3.63) is 101 Å². The number of nitrogens with zero attached hydrogens (tertiary/aromatic N) is 1. The molecule has 0 atom stereocenters. The number of thioether (sulfide) groups is 1. The first-order valence-corrected chi connectivity index (χ1v) is 9.38. The Morgan fingerprint density at radius 1 is 0.962 bits per heavy atom. The van der Waals surface area contributed by atoms with Gasteiger partial charge in [-0.15, -0.1) is 0 Å². The van der Waals surface area contributed by atoms with Crippen LogP contribution < -0.4 is 4.74 Å². The first-order valence-electron chi connectivity index (χ1n) is 8.12. The summed E-state index contributed by atoms with van der Waals surface area (Å²) in [6, 6.07) is 25.5. The standard InChI is InChI=1S/C22H18ClNOS/c1-25-18-10-7-11-19(16-18)26-15-14-22(20-12-5-6-13-21(20)23)24-17-8-3-2-4-9-17/h2-16H,1H3. The van der Waals surface area contributed by atoms with E-state index in [2.05, 4.69) is 0 Å². The molecule has 130 valence electrons. The average Bonchev–Trinajstić information content (AvgIpc) is 2.69. The van der Waals surface area contributed by atoms with Crippen molar-refractivity contribution in [3.8, 4) is 5.75 Å². The van der Waals surface area contributed by atoms with E-state index in [1.807, 2.05) is 90.3 Å². The van der Waals surface area contributed by atoms with E-state index in [0.29, 0.717) is 5.02 Å². The summed E-state index contributed by atoms with van der Waals surface area (Å²) in [7, 11) is 1.67. The minimum Gasteiger partial charge on any atom is -0.497 e. The van der Waals surface area contributed by atoms with Gasteiger partial charge in [-0.1, -0.05) is 65.8 Å². The van der Waals surface area contributed by atoms with Crippen molar-refractivity contribution < 1.29 is 4.74 Å². The minimum atomic E-state index is 0.679. The van der Waals surface area contributed by atoms with Gasteiger partial charge in [-0.05, 0) is 47.9 Å². The van der Waals surface area contributed by atoms with E-state index in [4.69, 9.17) is 21.3 Å². The molecule has 0 radical (unpaired) electrons. The van der Waals surface area contributed by atoms with Gasteiger partial charge >= 0.3 is 0 Å². The van der Waals surface area contributed by atoms with Gasteiger partial charge in [-0.3, -0.25) is 0 Å². The van der Waals surface area contributed by atoms with Gasteiger partial charge in [0.2, 0.25) is 0 Å². The van der Waals surface area contributed by atoms with Crippen LogP contribution in [0.4, 0.5) is 5.69 Å². The second-order valence-electron chi connectivity index (χ2n) is 5.41. The Kier molecular flexibility index (Phi) is 6.53. The molecule has 0 saturated heterocycles. The molecule has 0 aliphatic heterocycles. The topological polar surface area (TPSA) is 21.6 Å². The Labute approximate surface area is 163 Å². The predicted molar refractivity (Wildman–Crippen MR) is 112 cm³/mol. The Bertz CT molecular complexity index is 922. The zero-order valence-electron chi connectivity index (χ0n) is 14.3. The van der Waals surface area contributed by atoms with Crippen molar-refractivity contribution in [1.29, 1.82) is 0 Å². The van der Waals surface area contributed by atoms with Crippen LogP contribution >= 0.6 is 23.4 Å². The van der Waals surface area contributed by atoms with Gasteiger partial charge in [0, 0.05) is 15.5 Å². The summed E-state index contributed by atoms with van der Waals surface area (Å²) in [4.78, 5) is 5.86. The van der Waals surface area contributed by atoms with Crippen molar-refractivity contribution in [2.45, 2.75) is 4.90 Å². The molecule has 3 rings (SSSR count). The monoisotopic (exact) mass is 379 g/mol. The van der Waals surface area contributed by atoms with Crippen LogP contribution in [-0.2, 0) is 0 Å². The second-order valence-corrected chi connectivity index (χ2v) is 6.80. The van der Waals surface area contributed by atoms with Crippen molar-refractivity contribution in [2.75, 3.05) is 7.11 Å². The van der Waals surface area contributed by atoms with Gasteiger partial charge in [0.15, 0.2) is 0 Å². The lowest BCUT2D eigenvalue weighted by atomic mass is 10.1. The number of hydrogen-bond donors (Lipinski definition) is 0. The second kappa shape index (κ2) is 9.27. The molecule has 0 spiro atoms. The molecular weight excluding hydrogens is 362 g/mol. The number of allylic oxidation sites excluding steroid dienone is 1.